The zero-order chi connectivity index (χ0) is 14.0. The van der Waals surface area contributed by atoms with Gasteiger partial charge in [-0.2, -0.15) is 4.31 Å². The van der Waals surface area contributed by atoms with E-state index in [1.165, 1.54) is 17.4 Å². The molecule has 104 valence electrons. The van der Waals surface area contributed by atoms with Gasteiger partial charge in [0.2, 0.25) is 10.0 Å². The van der Waals surface area contributed by atoms with E-state index < -0.39 is 14.9 Å². The van der Waals surface area contributed by atoms with Crippen molar-refractivity contribution in [3.63, 3.8) is 0 Å². The third-order valence-electron chi connectivity index (χ3n) is 3.13. The summed E-state index contributed by atoms with van der Waals surface area (Å²) in [6, 6.07) is 2.20. The molecule has 1 unspecified atom stereocenters. The number of nitrogens with one attached hydrogen (secondary N) is 1. The fourth-order valence-corrected chi connectivity index (χ4v) is 3.28. The minimum Gasteiger partial charge on any atom is -0.358 e. The van der Waals surface area contributed by atoms with Crippen LogP contribution in [0.5, 0.6) is 0 Å². The highest BCUT2D eigenvalue weighted by atomic mass is 32.2. The molecule has 0 radical (unpaired) electrons. The summed E-state index contributed by atoms with van der Waals surface area (Å²) < 4.78 is 25.9. The van der Waals surface area contributed by atoms with E-state index in [1.807, 2.05) is 0 Å². The Kier molecular flexibility index (Phi) is 3.78. The first-order chi connectivity index (χ1) is 8.93. The quantitative estimate of drug-likeness (QED) is 0.615. The average Bonchev–Trinajstić information content (AvgIpc) is 2.91. The normalized spacial score (nSPS) is 19.8. The highest BCUT2D eigenvalue weighted by molar-refractivity contribution is 7.89. The van der Waals surface area contributed by atoms with Crippen LogP contribution >= 0.6 is 0 Å². The van der Waals surface area contributed by atoms with Crippen molar-refractivity contribution in [3.05, 3.63) is 28.4 Å². The molecule has 0 aromatic carbocycles. The zero-order valence-corrected chi connectivity index (χ0v) is 11.1. The topological polar surface area (TPSA) is 105 Å². The second-order valence-electron chi connectivity index (χ2n) is 4.28. The lowest BCUT2D eigenvalue weighted by Gasteiger charge is -2.22. The summed E-state index contributed by atoms with van der Waals surface area (Å²) in [5.41, 5.74) is 0. The molecule has 1 fully saturated rings. The van der Waals surface area contributed by atoms with Gasteiger partial charge in [0.05, 0.1) is 0 Å². The summed E-state index contributed by atoms with van der Waals surface area (Å²) >= 11 is 0. The molecule has 2 rings (SSSR count). The Morgan fingerprint density at radius 1 is 1.53 bits per heavy atom. The number of likely N-dealkylation sites (N-methyl/N-ethyl adjacent to an activating group) is 1. The van der Waals surface area contributed by atoms with Crippen molar-refractivity contribution >= 4 is 15.8 Å². The van der Waals surface area contributed by atoms with Crippen LogP contribution in [0.4, 0.5) is 5.82 Å². The Labute approximate surface area is 110 Å². The Balaban J connectivity index is 2.25. The van der Waals surface area contributed by atoms with Crippen LogP contribution in [-0.4, -0.2) is 48.8 Å². The van der Waals surface area contributed by atoms with Crippen LogP contribution in [0.1, 0.15) is 6.42 Å². The lowest BCUT2D eigenvalue weighted by atomic mass is 10.3. The van der Waals surface area contributed by atoms with Gasteiger partial charge in [-0.3, -0.25) is 0 Å². The fourth-order valence-electron chi connectivity index (χ4n) is 1.95. The van der Waals surface area contributed by atoms with Gasteiger partial charge in [-0.05, 0) is 28.9 Å². The van der Waals surface area contributed by atoms with E-state index in [1.54, 1.807) is 0 Å². The maximum atomic E-state index is 12.3. The number of sulfonamides is 1. The first kappa shape index (κ1) is 13.8. The van der Waals surface area contributed by atoms with Gasteiger partial charge in [0.15, 0.2) is 6.20 Å². The summed E-state index contributed by atoms with van der Waals surface area (Å²) in [6.45, 7) is 1.39. The van der Waals surface area contributed by atoms with Gasteiger partial charge in [0.25, 0.3) is 0 Å². The highest BCUT2D eigenvalue weighted by Crippen LogP contribution is 2.20. The fraction of sp³-hybridized carbons (Fsp3) is 0.500. The van der Waals surface area contributed by atoms with E-state index in [9.17, 15) is 18.5 Å². The molecule has 0 aliphatic carbocycles. The van der Waals surface area contributed by atoms with Crippen molar-refractivity contribution in [3.8, 4) is 0 Å². The first-order valence-corrected chi connectivity index (χ1v) is 7.16. The number of hydrogen-bond acceptors (Lipinski definition) is 6. The van der Waals surface area contributed by atoms with Crippen molar-refractivity contribution in [1.29, 1.82) is 0 Å². The van der Waals surface area contributed by atoms with Crippen LogP contribution in [0, 0.1) is 10.1 Å². The standard InChI is InChI=1S/C10H14N4O4S/c1-13(8-4-5-11-6-8)19(17,18)9-2-3-10(12-7-9)14(15)16/h2-3,7-8,11H,4-6H2,1H3. The van der Waals surface area contributed by atoms with Gasteiger partial charge in [0, 0.05) is 25.7 Å². The molecule has 1 aliphatic heterocycles. The predicted molar refractivity (Wildman–Crippen MR) is 67.1 cm³/mol. The second-order valence-corrected chi connectivity index (χ2v) is 6.27. The van der Waals surface area contributed by atoms with Gasteiger partial charge < -0.3 is 15.4 Å². The minimum atomic E-state index is -3.66. The van der Waals surface area contributed by atoms with E-state index >= 15 is 0 Å². The number of rotatable bonds is 4. The van der Waals surface area contributed by atoms with E-state index in [-0.39, 0.29) is 16.8 Å². The molecule has 19 heavy (non-hydrogen) atoms. The number of aromatic nitrogens is 1. The maximum Gasteiger partial charge on any atom is 0.363 e. The molecule has 1 aliphatic rings. The molecule has 1 aromatic heterocycles. The van der Waals surface area contributed by atoms with Gasteiger partial charge in [0.1, 0.15) is 4.90 Å². The smallest absolute Gasteiger partial charge is 0.358 e. The molecule has 0 bridgehead atoms. The first-order valence-electron chi connectivity index (χ1n) is 5.72. The third kappa shape index (κ3) is 2.72. The van der Waals surface area contributed by atoms with Gasteiger partial charge >= 0.3 is 5.82 Å². The molecule has 9 heteroatoms. The van der Waals surface area contributed by atoms with Crippen LogP contribution in [0.2, 0.25) is 0 Å². The van der Waals surface area contributed by atoms with E-state index in [0.29, 0.717) is 6.54 Å². The van der Waals surface area contributed by atoms with Gasteiger partial charge in [-0.1, -0.05) is 0 Å². The van der Waals surface area contributed by atoms with E-state index in [4.69, 9.17) is 0 Å². The zero-order valence-electron chi connectivity index (χ0n) is 10.3. The molecule has 0 spiro atoms. The van der Waals surface area contributed by atoms with E-state index in [0.717, 1.165) is 25.2 Å². The average molecular weight is 286 g/mol. The molecular weight excluding hydrogens is 272 g/mol. The molecule has 1 atom stereocenters. The largest absolute Gasteiger partial charge is 0.363 e. The number of pyridine rings is 1. The van der Waals surface area contributed by atoms with Crippen molar-refractivity contribution in [2.45, 2.75) is 17.4 Å². The monoisotopic (exact) mass is 286 g/mol. The minimum absolute atomic E-state index is 0.0347. The Morgan fingerprint density at radius 3 is 2.74 bits per heavy atom. The summed E-state index contributed by atoms with van der Waals surface area (Å²) in [5.74, 6) is -0.371. The molecule has 2 heterocycles. The summed E-state index contributed by atoms with van der Waals surface area (Å²) in [4.78, 5) is 13.3. The molecule has 0 amide bonds. The Hall–Kier alpha value is -1.58. The molecular formula is C10H14N4O4S. The summed E-state index contributed by atoms with van der Waals surface area (Å²) in [6.07, 6.45) is 1.77. The van der Waals surface area contributed by atoms with Gasteiger partial charge in [-0.15, -0.1) is 0 Å². The number of nitro groups is 1. The SMILES string of the molecule is CN(C1CCNC1)S(=O)(=O)c1ccc([N+](=O)[O-])nc1. The second kappa shape index (κ2) is 5.19. The van der Waals surface area contributed by atoms with Crippen LogP contribution in [0.25, 0.3) is 0 Å². The Bertz CT molecular complexity index is 566. The van der Waals surface area contributed by atoms with Crippen molar-refractivity contribution in [1.82, 2.24) is 14.6 Å². The third-order valence-corrected chi connectivity index (χ3v) is 5.03. The lowest BCUT2D eigenvalue weighted by Crippen LogP contribution is -2.38. The van der Waals surface area contributed by atoms with Crippen molar-refractivity contribution in [2.24, 2.45) is 0 Å². The van der Waals surface area contributed by atoms with Crippen LogP contribution in [0.15, 0.2) is 23.2 Å². The van der Waals surface area contributed by atoms with Crippen LogP contribution in [0.3, 0.4) is 0 Å². The molecule has 0 saturated carbocycles. The van der Waals surface area contributed by atoms with Crippen LogP contribution < -0.4 is 5.32 Å². The maximum absolute atomic E-state index is 12.3. The Morgan fingerprint density at radius 2 is 2.26 bits per heavy atom. The van der Waals surface area contributed by atoms with Crippen molar-refractivity contribution in [2.75, 3.05) is 20.1 Å². The molecule has 8 nitrogen and oxygen atoms in total. The lowest BCUT2D eigenvalue weighted by molar-refractivity contribution is -0.389. The predicted octanol–water partition coefficient (Wildman–Crippen LogP) is -0.0278. The van der Waals surface area contributed by atoms with Crippen LogP contribution in [-0.2, 0) is 10.0 Å². The van der Waals surface area contributed by atoms with Gasteiger partial charge in [-0.25, -0.2) is 8.42 Å². The van der Waals surface area contributed by atoms with E-state index in [2.05, 4.69) is 10.3 Å². The highest BCUT2D eigenvalue weighted by Gasteiger charge is 2.31. The molecule has 1 aromatic rings. The summed E-state index contributed by atoms with van der Waals surface area (Å²) in [7, 11) is -2.15. The summed E-state index contributed by atoms with van der Waals surface area (Å²) in [5, 5.41) is 13.6. The number of hydrogen-bond donors (Lipinski definition) is 1. The van der Waals surface area contributed by atoms with Crippen molar-refractivity contribution < 1.29 is 13.3 Å². The number of nitrogens with zero attached hydrogens (tertiary/aromatic N) is 3. The molecule has 1 N–H and O–H groups in total. The molecule has 1 saturated heterocycles.